The molecule has 0 aliphatic carbocycles. The predicted molar refractivity (Wildman–Crippen MR) is 79.3 cm³/mol. The lowest BCUT2D eigenvalue weighted by Gasteiger charge is -2.12. The molecule has 5 heteroatoms. The Hall–Kier alpha value is -1.59. The molecule has 108 valence electrons. The first-order valence-electron chi connectivity index (χ1n) is 6.63. The Labute approximate surface area is 123 Å². The van der Waals surface area contributed by atoms with Gasteiger partial charge in [0.1, 0.15) is 18.1 Å². The summed E-state index contributed by atoms with van der Waals surface area (Å²) in [4.78, 5) is 5.26. The quantitative estimate of drug-likeness (QED) is 0.851. The number of nitrogens with zero attached hydrogens (tertiary/aromatic N) is 1. The number of aryl methyl sites for hydroxylation is 1. The van der Waals surface area contributed by atoms with Crippen LogP contribution in [0.15, 0.2) is 24.4 Å². The van der Waals surface area contributed by atoms with Crippen molar-refractivity contribution in [3.63, 3.8) is 0 Å². The Morgan fingerprint density at radius 3 is 2.80 bits per heavy atom. The van der Waals surface area contributed by atoms with E-state index in [2.05, 4.69) is 11.9 Å². The van der Waals surface area contributed by atoms with Gasteiger partial charge in [0.2, 0.25) is 0 Å². The summed E-state index contributed by atoms with van der Waals surface area (Å²) in [6.45, 7) is 5.10. The number of thiazole rings is 1. The van der Waals surface area contributed by atoms with Gasteiger partial charge < -0.3 is 14.6 Å². The molecule has 1 aromatic carbocycles. The van der Waals surface area contributed by atoms with E-state index in [0.717, 1.165) is 27.6 Å². The van der Waals surface area contributed by atoms with Gasteiger partial charge in [-0.15, -0.1) is 11.3 Å². The van der Waals surface area contributed by atoms with E-state index in [0.29, 0.717) is 19.0 Å². The Morgan fingerprint density at radius 2 is 2.15 bits per heavy atom. The Morgan fingerprint density at radius 1 is 1.30 bits per heavy atom. The van der Waals surface area contributed by atoms with Gasteiger partial charge in [-0.1, -0.05) is 6.92 Å². The van der Waals surface area contributed by atoms with E-state index in [4.69, 9.17) is 9.47 Å². The van der Waals surface area contributed by atoms with Crippen LogP contribution in [0.1, 0.15) is 28.8 Å². The normalized spacial score (nSPS) is 10.6. The minimum absolute atomic E-state index is 0.0505. The van der Waals surface area contributed by atoms with Gasteiger partial charge in [0.25, 0.3) is 0 Å². The van der Waals surface area contributed by atoms with Crippen LogP contribution in [0.4, 0.5) is 0 Å². The zero-order chi connectivity index (χ0) is 14.4. The first kappa shape index (κ1) is 14.8. The van der Waals surface area contributed by atoms with Gasteiger partial charge in [-0.05, 0) is 25.5 Å². The smallest absolute Gasteiger partial charge is 0.129 e. The monoisotopic (exact) mass is 293 g/mol. The molecule has 2 rings (SSSR count). The molecule has 0 saturated heterocycles. The second-order valence-corrected chi connectivity index (χ2v) is 5.73. The molecule has 0 aliphatic heterocycles. The third kappa shape index (κ3) is 3.95. The molecule has 1 heterocycles. The minimum Gasteiger partial charge on any atom is -0.493 e. The third-order valence-electron chi connectivity index (χ3n) is 2.72. The molecule has 4 nitrogen and oxygen atoms in total. The predicted octanol–water partition coefficient (Wildman–Crippen LogP) is 3.31. The molecule has 1 N–H and O–H groups in total. The Bertz CT molecular complexity index is 554. The molecule has 2 aromatic rings. The summed E-state index contributed by atoms with van der Waals surface area (Å²) >= 11 is 1.61. The fraction of sp³-hybridized carbons (Fsp3) is 0.400. The number of hydrogen-bond donors (Lipinski definition) is 1. The highest BCUT2D eigenvalue weighted by Gasteiger charge is 2.07. The van der Waals surface area contributed by atoms with E-state index in [9.17, 15) is 5.11 Å². The first-order valence-corrected chi connectivity index (χ1v) is 7.45. The number of rotatable bonds is 7. The molecule has 1 aromatic heterocycles. The zero-order valence-corrected chi connectivity index (χ0v) is 12.6. The number of aromatic nitrogens is 1. The van der Waals surface area contributed by atoms with Gasteiger partial charge in [-0.3, -0.25) is 0 Å². The largest absolute Gasteiger partial charge is 0.493 e. The molecule has 0 atom stereocenters. The summed E-state index contributed by atoms with van der Waals surface area (Å²) in [5.41, 5.74) is 0.759. The average molecular weight is 293 g/mol. The number of ether oxygens (including phenoxy) is 2. The lowest BCUT2D eigenvalue weighted by Crippen LogP contribution is -2.00. The molecular formula is C15H19NO3S. The van der Waals surface area contributed by atoms with Crippen LogP contribution >= 0.6 is 11.3 Å². The number of benzene rings is 1. The third-order valence-corrected chi connectivity index (χ3v) is 3.61. The molecule has 0 spiro atoms. The van der Waals surface area contributed by atoms with Gasteiger partial charge in [-0.2, -0.15) is 0 Å². The van der Waals surface area contributed by atoms with Crippen LogP contribution < -0.4 is 9.47 Å². The summed E-state index contributed by atoms with van der Waals surface area (Å²) in [7, 11) is 0. The SMILES string of the molecule is CCCOc1ccc(CO)c(OCc2cnc(C)s2)c1. The average Bonchev–Trinajstić information content (AvgIpc) is 2.88. The Balaban J connectivity index is 2.07. The van der Waals surface area contributed by atoms with E-state index < -0.39 is 0 Å². The van der Waals surface area contributed by atoms with Crippen LogP contribution in [-0.4, -0.2) is 16.7 Å². The van der Waals surface area contributed by atoms with E-state index >= 15 is 0 Å². The van der Waals surface area contributed by atoms with E-state index in [1.807, 2.05) is 31.3 Å². The van der Waals surface area contributed by atoms with Crippen molar-refractivity contribution in [1.82, 2.24) is 4.98 Å². The van der Waals surface area contributed by atoms with Crippen LogP contribution in [0, 0.1) is 6.92 Å². The lowest BCUT2D eigenvalue weighted by molar-refractivity contribution is 0.257. The maximum Gasteiger partial charge on any atom is 0.129 e. The number of aliphatic hydroxyl groups excluding tert-OH is 1. The maximum absolute atomic E-state index is 9.36. The van der Waals surface area contributed by atoms with Crippen molar-refractivity contribution in [3.8, 4) is 11.5 Å². The number of hydrogen-bond acceptors (Lipinski definition) is 5. The molecule has 20 heavy (non-hydrogen) atoms. The molecule has 0 saturated carbocycles. The second kappa shape index (κ2) is 7.26. The highest BCUT2D eigenvalue weighted by atomic mass is 32.1. The maximum atomic E-state index is 9.36. The van der Waals surface area contributed by atoms with E-state index in [1.54, 1.807) is 11.3 Å². The van der Waals surface area contributed by atoms with Crippen molar-refractivity contribution in [2.75, 3.05) is 6.61 Å². The highest BCUT2D eigenvalue weighted by Crippen LogP contribution is 2.26. The molecular weight excluding hydrogens is 274 g/mol. The molecule has 0 aliphatic rings. The fourth-order valence-corrected chi connectivity index (χ4v) is 2.44. The minimum atomic E-state index is -0.0505. The van der Waals surface area contributed by atoms with Crippen molar-refractivity contribution in [1.29, 1.82) is 0 Å². The molecule has 0 bridgehead atoms. The molecule has 0 radical (unpaired) electrons. The van der Waals surface area contributed by atoms with Gasteiger partial charge in [0.15, 0.2) is 0 Å². The summed E-state index contributed by atoms with van der Waals surface area (Å²) in [5, 5.41) is 10.4. The van der Waals surface area contributed by atoms with Crippen LogP contribution in [0.5, 0.6) is 11.5 Å². The van der Waals surface area contributed by atoms with Crippen molar-refractivity contribution in [2.45, 2.75) is 33.5 Å². The fourth-order valence-electron chi connectivity index (χ4n) is 1.73. The summed E-state index contributed by atoms with van der Waals surface area (Å²) in [6.07, 6.45) is 2.77. The summed E-state index contributed by atoms with van der Waals surface area (Å²) in [6, 6.07) is 5.51. The Kier molecular flexibility index (Phi) is 5.38. The van der Waals surface area contributed by atoms with Crippen molar-refractivity contribution >= 4 is 11.3 Å². The van der Waals surface area contributed by atoms with Crippen molar-refractivity contribution in [3.05, 3.63) is 39.8 Å². The van der Waals surface area contributed by atoms with Crippen LogP contribution in [0.2, 0.25) is 0 Å². The standard InChI is InChI=1S/C15H19NO3S/c1-3-6-18-13-5-4-12(9-17)15(7-13)19-10-14-8-16-11(2)20-14/h4-5,7-8,17H,3,6,9-10H2,1-2H3. The van der Waals surface area contributed by atoms with Crippen LogP contribution in [0.25, 0.3) is 0 Å². The van der Waals surface area contributed by atoms with Gasteiger partial charge >= 0.3 is 0 Å². The second-order valence-electron chi connectivity index (χ2n) is 4.41. The van der Waals surface area contributed by atoms with Crippen LogP contribution in [0.3, 0.4) is 0 Å². The van der Waals surface area contributed by atoms with Gasteiger partial charge in [0, 0.05) is 17.8 Å². The van der Waals surface area contributed by atoms with Crippen molar-refractivity contribution < 1.29 is 14.6 Å². The number of aliphatic hydroxyl groups is 1. The van der Waals surface area contributed by atoms with E-state index in [1.165, 1.54) is 0 Å². The highest BCUT2D eigenvalue weighted by molar-refractivity contribution is 7.11. The van der Waals surface area contributed by atoms with Gasteiger partial charge in [0.05, 0.1) is 23.1 Å². The molecule has 0 fully saturated rings. The van der Waals surface area contributed by atoms with Gasteiger partial charge in [-0.25, -0.2) is 4.98 Å². The molecule has 0 amide bonds. The van der Waals surface area contributed by atoms with Crippen molar-refractivity contribution in [2.24, 2.45) is 0 Å². The van der Waals surface area contributed by atoms with Crippen LogP contribution in [-0.2, 0) is 13.2 Å². The first-order chi connectivity index (χ1) is 9.72. The summed E-state index contributed by atoms with van der Waals surface area (Å²) < 4.78 is 11.4. The topological polar surface area (TPSA) is 51.6 Å². The zero-order valence-electron chi connectivity index (χ0n) is 11.8. The molecule has 0 unspecified atom stereocenters. The van der Waals surface area contributed by atoms with E-state index in [-0.39, 0.29) is 6.61 Å². The lowest BCUT2D eigenvalue weighted by atomic mass is 10.2. The summed E-state index contributed by atoms with van der Waals surface area (Å²) in [5.74, 6) is 1.42.